The van der Waals surface area contributed by atoms with Crippen molar-refractivity contribution in [2.45, 2.75) is 12.6 Å². The van der Waals surface area contributed by atoms with Crippen molar-refractivity contribution in [2.24, 2.45) is 0 Å². The molecule has 0 saturated heterocycles. The molecule has 1 N–H and O–H groups in total. The summed E-state index contributed by atoms with van der Waals surface area (Å²) in [5.41, 5.74) is 0.0955. The van der Waals surface area contributed by atoms with Crippen molar-refractivity contribution >= 4 is 34.1 Å². The molecule has 2 aromatic rings. The van der Waals surface area contributed by atoms with Crippen molar-refractivity contribution in [1.29, 1.82) is 0 Å². The Morgan fingerprint density at radius 3 is 2.89 bits per heavy atom. The summed E-state index contributed by atoms with van der Waals surface area (Å²) in [6.07, 6.45) is 0.570. The van der Waals surface area contributed by atoms with E-state index in [0.29, 0.717) is 20.9 Å². The largest absolute Gasteiger partial charge is 0.389 e. The van der Waals surface area contributed by atoms with Gasteiger partial charge in [-0.2, -0.15) is 0 Å². The summed E-state index contributed by atoms with van der Waals surface area (Å²) in [4.78, 5) is 16.3. The minimum absolute atomic E-state index is 0.0970. The molecule has 1 heterocycles. The number of rotatable bonds is 4. The van der Waals surface area contributed by atoms with E-state index < -0.39 is 6.10 Å². The number of ether oxygens (including phenoxy) is 1. The SMILES string of the molecule is COC[C@@H](O)Cn1cnc2c(Cl)cc(Cl)cc2c1=O. The zero-order valence-corrected chi connectivity index (χ0v) is 11.6. The number of benzene rings is 1. The molecule has 1 aromatic carbocycles. The fourth-order valence-corrected chi connectivity index (χ4v) is 2.34. The van der Waals surface area contributed by atoms with Crippen LogP contribution in [0, 0.1) is 0 Å². The number of hydrogen-bond acceptors (Lipinski definition) is 4. The minimum Gasteiger partial charge on any atom is -0.389 e. The first-order valence-electron chi connectivity index (χ1n) is 5.54. The standard InChI is InChI=1S/C12H12Cl2N2O3/c1-19-5-8(17)4-16-6-15-11-9(12(16)18)2-7(13)3-10(11)14/h2-3,6,8,17H,4-5H2,1H3/t8-/m0/s1. The number of methoxy groups -OCH3 is 1. The van der Waals surface area contributed by atoms with Crippen molar-refractivity contribution in [3.05, 3.63) is 38.9 Å². The molecule has 0 bridgehead atoms. The molecular weight excluding hydrogens is 291 g/mol. The molecule has 0 radical (unpaired) electrons. The van der Waals surface area contributed by atoms with Crippen LogP contribution in [-0.4, -0.2) is 34.5 Å². The van der Waals surface area contributed by atoms with Gasteiger partial charge in [-0.3, -0.25) is 9.36 Å². The lowest BCUT2D eigenvalue weighted by atomic mass is 10.2. The van der Waals surface area contributed by atoms with E-state index in [1.54, 1.807) is 0 Å². The van der Waals surface area contributed by atoms with Crippen molar-refractivity contribution in [2.75, 3.05) is 13.7 Å². The molecule has 19 heavy (non-hydrogen) atoms. The number of aliphatic hydroxyl groups is 1. The van der Waals surface area contributed by atoms with E-state index in [-0.39, 0.29) is 18.7 Å². The number of aromatic nitrogens is 2. The lowest BCUT2D eigenvalue weighted by Gasteiger charge is -2.12. The molecular formula is C12H12Cl2N2O3. The van der Waals surface area contributed by atoms with E-state index in [2.05, 4.69) is 4.98 Å². The Morgan fingerprint density at radius 2 is 2.21 bits per heavy atom. The van der Waals surface area contributed by atoms with Crippen LogP contribution >= 0.6 is 23.2 Å². The lowest BCUT2D eigenvalue weighted by molar-refractivity contribution is 0.0529. The number of halogens is 2. The van der Waals surface area contributed by atoms with Gasteiger partial charge in [0.25, 0.3) is 5.56 Å². The first-order valence-corrected chi connectivity index (χ1v) is 6.29. The van der Waals surface area contributed by atoms with E-state index in [9.17, 15) is 9.90 Å². The monoisotopic (exact) mass is 302 g/mol. The average Bonchev–Trinajstić information content (AvgIpc) is 2.33. The summed E-state index contributed by atoms with van der Waals surface area (Å²) in [6.45, 7) is 0.237. The Balaban J connectivity index is 2.49. The summed E-state index contributed by atoms with van der Waals surface area (Å²) >= 11 is 11.9. The second-order valence-electron chi connectivity index (χ2n) is 4.10. The van der Waals surface area contributed by atoms with Crippen molar-refractivity contribution < 1.29 is 9.84 Å². The fraction of sp³-hybridized carbons (Fsp3) is 0.333. The number of nitrogens with zero attached hydrogens (tertiary/aromatic N) is 2. The second-order valence-corrected chi connectivity index (χ2v) is 4.94. The van der Waals surface area contributed by atoms with E-state index in [1.165, 1.54) is 30.1 Å². The zero-order chi connectivity index (χ0) is 14.0. The highest BCUT2D eigenvalue weighted by atomic mass is 35.5. The first kappa shape index (κ1) is 14.3. The predicted molar refractivity (Wildman–Crippen MR) is 73.9 cm³/mol. The van der Waals surface area contributed by atoms with Gasteiger partial charge in [0.1, 0.15) is 0 Å². The first-order chi connectivity index (χ1) is 9.02. The average molecular weight is 303 g/mol. The number of fused-ring (bicyclic) bond motifs is 1. The maximum absolute atomic E-state index is 12.2. The van der Waals surface area contributed by atoms with Crippen LogP contribution in [0.2, 0.25) is 10.0 Å². The molecule has 2 rings (SSSR count). The Bertz CT molecular complexity index is 657. The Labute approximate surface area is 119 Å². The molecule has 0 aliphatic heterocycles. The fourth-order valence-electron chi connectivity index (χ4n) is 1.80. The van der Waals surface area contributed by atoms with Crippen molar-refractivity contribution in [3.8, 4) is 0 Å². The molecule has 7 heteroatoms. The van der Waals surface area contributed by atoms with E-state index in [0.717, 1.165) is 0 Å². The van der Waals surface area contributed by atoms with Gasteiger partial charge in [-0.05, 0) is 12.1 Å². The third-order valence-corrected chi connectivity index (χ3v) is 3.12. The van der Waals surface area contributed by atoms with Gasteiger partial charge >= 0.3 is 0 Å². The van der Waals surface area contributed by atoms with Crippen molar-refractivity contribution in [3.63, 3.8) is 0 Å². The highest BCUT2D eigenvalue weighted by Crippen LogP contribution is 2.23. The highest BCUT2D eigenvalue weighted by molar-refractivity contribution is 6.38. The van der Waals surface area contributed by atoms with Crippen LogP contribution in [-0.2, 0) is 11.3 Å². The molecule has 0 aliphatic rings. The molecule has 0 aliphatic carbocycles. The molecule has 0 spiro atoms. The third-order valence-electron chi connectivity index (χ3n) is 2.61. The van der Waals surface area contributed by atoms with Gasteiger partial charge < -0.3 is 9.84 Å². The van der Waals surface area contributed by atoms with Crippen LogP contribution in [0.4, 0.5) is 0 Å². The molecule has 1 aromatic heterocycles. The second kappa shape index (κ2) is 5.88. The lowest BCUT2D eigenvalue weighted by Crippen LogP contribution is -2.29. The molecule has 0 amide bonds. The Kier molecular flexibility index (Phi) is 4.42. The minimum atomic E-state index is -0.781. The zero-order valence-electron chi connectivity index (χ0n) is 10.1. The number of aliphatic hydroxyl groups excluding tert-OH is 1. The van der Waals surface area contributed by atoms with Gasteiger partial charge in [0.15, 0.2) is 0 Å². The third kappa shape index (κ3) is 3.06. The summed E-state index contributed by atoms with van der Waals surface area (Å²) in [7, 11) is 1.48. The maximum atomic E-state index is 12.2. The van der Waals surface area contributed by atoms with Gasteiger partial charge in [0.05, 0.1) is 41.5 Å². The predicted octanol–water partition coefficient (Wildman–Crippen LogP) is 1.71. The normalized spacial score (nSPS) is 12.8. The topological polar surface area (TPSA) is 64.3 Å². The molecule has 0 saturated carbocycles. The van der Waals surface area contributed by atoms with Crippen LogP contribution < -0.4 is 5.56 Å². The summed E-state index contributed by atoms with van der Waals surface area (Å²) in [5.74, 6) is 0. The molecule has 0 unspecified atom stereocenters. The van der Waals surface area contributed by atoms with E-state index in [1.807, 2.05) is 0 Å². The van der Waals surface area contributed by atoms with Gasteiger partial charge in [-0.1, -0.05) is 23.2 Å². The summed E-state index contributed by atoms with van der Waals surface area (Å²) in [6, 6.07) is 3.04. The quantitative estimate of drug-likeness (QED) is 0.934. The number of hydrogen-bond donors (Lipinski definition) is 1. The summed E-state index contributed by atoms with van der Waals surface area (Å²) < 4.78 is 6.12. The molecule has 5 nitrogen and oxygen atoms in total. The molecule has 1 atom stereocenters. The Morgan fingerprint density at radius 1 is 1.47 bits per heavy atom. The highest BCUT2D eigenvalue weighted by Gasteiger charge is 2.11. The van der Waals surface area contributed by atoms with Crippen LogP contribution in [0.5, 0.6) is 0 Å². The van der Waals surface area contributed by atoms with Crippen LogP contribution in [0.25, 0.3) is 10.9 Å². The van der Waals surface area contributed by atoms with Crippen LogP contribution in [0.3, 0.4) is 0 Å². The molecule has 102 valence electrons. The van der Waals surface area contributed by atoms with Gasteiger partial charge in [-0.15, -0.1) is 0 Å². The smallest absolute Gasteiger partial charge is 0.261 e. The Hall–Kier alpha value is -1.14. The van der Waals surface area contributed by atoms with E-state index in [4.69, 9.17) is 27.9 Å². The van der Waals surface area contributed by atoms with E-state index >= 15 is 0 Å². The van der Waals surface area contributed by atoms with Gasteiger partial charge in [-0.25, -0.2) is 4.98 Å². The van der Waals surface area contributed by atoms with Crippen LogP contribution in [0.15, 0.2) is 23.3 Å². The molecule has 0 fully saturated rings. The summed E-state index contributed by atoms with van der Waals surface area (Å²) in [5, 5.41) is 10.7. The van der Waals surface area contributed by atoms with Crippen LogP contribution in [0.1, 0.15) is 0 Å². The van der Waals surface area contributed by atoms with Crippen molar-refractivity contribution in [1.82, 2.24) is 9.55 Å². The maximum Gasteiger partial charge on any atom is 0.261 e. The van der Waals surface area contributed by atoms with Gasteiger partial charge in [0, 0.05) is 12.1 Å². The van der Waals surface area contributed by atoms with Gasteiger partial charge in [0.2, 0.25) is 0 Å².